The predicted octanol–water partition coefficient (Wildman–Crippen LogP) is 6.45. The van der Waals surface area contributed by atoms with Crippen LogP contribution >= 0.6 is 0 Å². The summed E-state index contributed by atoms with van der Waals surface area (Å²) >= 11 is 0. The fourth-order valence-corrected chi connectivity index (χ4v) is 2.76. The Balaban J connectivity index is 3.02. The lowest BCUT2D eigenvalue weighted by Crippen LogP contribution is -2.03. The highest BCUT2D eigenvalue weighted by Crippen LogP contribution is 2.33. The fraction of sp³-hybridized carbons (Fsp3) is 0.600. The first-order chi connectivity index (χ1) is 10.1. The Hall–Kier alpha value is -1.24. The molecule has 0 aliphatic rings. The molecule has 1 aromatic carbocycles. The summed E-state index contributed by atoms with van der Waals surface area (Å²) in [4.78, 5) is 0. The summed E-state index contributed by atoms with van der Waals surface area (Å²) in [6, 6.07) is 6.80. The zero-order valence-electron chi connectivity index (χ0n) is 14.5. The molecule has 1 heteroatoms. The van der Waals surface area contributed by atoms with Gasteiger partial charge in [0.2, 0.25) is 0 Å². The molecule has 1 unspecified atom stereocenters. The molecule has 0 saturated carbocycles. The van der Waals surface area contributed by atoms with Crippen molar-refractivity contribution in [3.8, 4) is 5.75 Å². The molecule has 0 spiro atoms. The average Bonchev–Trinajstić information content (AvgIpc) is 2.47. The van der Waals surface area contributed by atoms with Crippen LogP contribution in [0.4, 0.5) is 0 Å². The molecule has 0 amide bonds. The molecular formula is C20H32O. The molecule has 0 aromatic heterocycles. The summed E-state index contributed by atoms with van der Waals surface area (Å²) in [5, 5.41) is 0. The van der Waals surface area contributed by atoms with E-state index in [9.17, 15) is 0 Å². The van der Waals surface area contributed by atoms with Crippen molar-refractivity contribution in [2.45, 2.75) is 72.1 Å². The Labute approximate surface area is 131 Å². The van der Waals surface area contributed by atoms with Gasteiger partial charge in [-0.2, -0.15) is 0 Å². The lowest BCUT2D eigenvalue weighted by Gasteiger charge is -2.19. The Kier molecular flexibility index (Phi) is 8.19. The van der Waals surface area contributed by atoms with Crippen molar-refractivity contribution >= 4 is 0 Å². The SMILES string of the molecule is CC/C=C\CC(CCC)c1ccc(OCC)c(C(C)C)c1. The molecule has 0 aliphatic carbocycles. The summed E-state index contributed by atoms with van der Waals surface area (Å²) in [7, 11) is 0. The van der Waals surface area contributed by atoms with Crippen molar-refractivity contribution in [1.82, 2.24) is 0 Å². The molecule has 0 N–H and O–H groups in total. The monoisotopic (exact) mass is 288 g/mol. The lowest BCUT2D eigenvalue weighted by atomic mass is 9.88. The Morgan fingerprint density at radius 2 is 1.86 bits per heavy atom. The van der Waals surface area contributed by atoms with Gasteiger partial charge in [-0.1, -0.05) is 58.4 Å². The Morgan fingerprint density at radius 1 is 1.10 bits per heavy atom. The van der Waals surface area contributed by atoms with Gasteiger partial charge in [0.25, 0.3) is 0 Å². The van der Waals surface area contributed by atoms with Crippen molar-refractivity contribution in [3.05, 3.63) is 41.5 Å². The van der Waals surface area contributed by atoms with E-state index in [4.69, 9.17) is 4.74 Å². The average molecular weight is 288 g/mol. The zero-order valence-corrected chi connectivity index (χ0v) is 14.5. The lowest BCUT2D eigenvalue weighted by molar-refractivity contribution is 0.335. The standard InChI is InChI=1S/C20H32O/c1-6-9-10-12-17(11-7-2)18-13-14-20(21-8-3)19(15-18)16(4)5/h9-10,13-17H,6-8,11-12H2,1-5H3/b10-9-. The van der Waals surface area contributed by atoms with Gasteiger partial charge in [-0.05, 0) is 55.2 Å². The second-order valence-electron chi connectivity index (χ2n) is 5.99. The quantitative estimate of drug-likeness (QED) is 0.474. The number of hydrogen-bond donors (Lipinski definition) is 0. The van der Waals surface area contributed by atoms with Gasteiger partial charge in [0, 0.05) is 0 Å². The molecule has 0 saturated heterocycles. The molecule has 0 aliphatic heterocycles. The van der Waals surface area contributed by atoms with Crippen molar-refractivity contribution in [3.63, 3.8) is 0 Å². The molecule has 1 rings (SSSR count). The van der Waals surface area contributed by atoms with E-state index >= 15 is 0 Å². The highest BCUT2D eigenvalue weighted by Gasteiger charge is 2.14. The van der Waals surface area contributed by atoms with E-state index in [1.165, 1.54) is 24.0 Å². The molecule has 118 valence electrons. The highest BCUT2D eigenvalue weighted by molar-refractivity contribution is 5.40. The van der Waals surface area contributed by atoms with E-state index < -0.39 is 0 Å². The minimum Gasteiger partial charge on any atom is -0.494 e. The molecule has 1 aromatic rings. The van der Waals surface area contributed by atoms with Gasteiger partial charge < -0.3 is 4.74 Å². The van der Waals surface area contributed by atoms with E-state index in [2.05, 4.69) is 58.0 Å². The van der Waals surface area contributed by atoms with E-state index in [0.717, 1.165) is 25.2 Å². The third-order valence-electron chi connectivity index (χ3n) is 3.89. The third kappa shape index (κ3) is 5.57. The zero-order chi connectivity index (χ0) is 15.7. The first-order valence-corrected chi connectivity index (χ1v) is 8.55. The van der Waals surface area contributed by atoms with Crippen LogP contribution < -0.4 is 4.74 Å². The minimum absolute atomic E-state index is 0.500. The predicted molar refractivity (Wildman–Crippen MR) is 93.4 cm³/mol. The number of ether oxygens (including phenoxy) is 1. The van der Waals surface area contributed by atoms with Gasteiger partial charge in [0.05, 0.1) is 6.61 Å². The van der Waals surface area contributed by atoms with E-state index in [-0.39, 0.29) is 0 Å². The van der Waals surface area contributed by atoms with Crippen LogP contribution in [0.1, 0.15) is 83.3 Å². The van der Waals surface area contributed by atoms with Crippen LogP contribution in [-0.4, -0.2) is 6.61 Å². The maximum atomic E-state index is 5.78. The maximum Gasteiger partial charge on any atom is 0.122 e. The first-order valence-electron chi connectivity index (χ1n) is 8.55. The molecular weight excluding hydrogens is 256 g/mol. The van der Waals surface area contributed by atoms with E-state index in [1.54, 1.807) is 0 Å². The fourth-order valence-electron chi connectivity index (χ4n) is 2.76. The van der Waals surface area contributed by atoms with Crippen molar-refractivity contribution in [2.75, 3.05) is 6.61 Å². The van der Waals surface area contributed by atoms with E-state index in [1.807, 2.05) is 6.92 Å². The maximum absolute atomic E-state index is 5.78. The number of benzene rings is 1. The highest BCUT2D eigenvalue weighted by atomic mass is 16.5. The van der Waals surface area contributed by atoms with Crippen LogP contribution in [0, 0.1) is 0 Å². The van der Waals surface area contributed by atoms with Crippen molar-refractivity contribution in [2.24, 2.45) is 0 Å². The Morgan fingerprint density at radius 3 is 2.43 bits per heavy atom. The van der Waals surface area contributed by atoms with Gasteiger partial charge in [-0.25, -0.2) is 0 Å². The second kappa shape index (κ2) is 9.65. The van der Waals surface area contributed by atoms with Crippen molar-refractivity contribution < 1.29 is 4.74 Å². The normalized spacial score (nSPS) is 13.0. The topological polar surface area (TPSA) is 9.23 Å². The largest absolute Gasteiger partial charge is 0.494 e. The summed E-state index contributed by atoms with van der Waals surface area (Å²) in [6.45, 7) is 11.7. The van der Waals surface area contributed by atoms with Gasteiger partial charge in [0.15, 0.2) is 0 Å². The van der Waals surface area contributed by atoms with Crippen molar-refractivity contribution in [1.29, 1.82) is 0 Å². The van der Waals surface area contributed by atoms with Crippen LogP contribution in [-0.2, 0) is 0 Å². The first kappa shape index (κ1) is 17.8. The van der Waals surface area contributed by atoms with Crippen LogP contribution in [0.25, 0.3) is 0 Å². The molecule has 0 fully saturated rings. The third-order valence-corrected chi connectivity index (χ3v) is 3.89. The van der Waals surface area contributed by atoms with Crippen LogP contribution in [0.15, 0.2) is 30.4 Å². The van der Waals surface area contributed by atoms with Crippen LogP contribution in [0.3, 0.4) is 0 Å². The van der Waals surface area contributed by atoms with Gasteiger partial charge >= 0.3 is 0 Å². The number of rotatable bonds is 9. The minimum atomic E-state index is 0.500. The number of allylic oxidation sites excluding steroid dienone is 2. The molecule has 0 heterocycles. The summed E-state index contributed by atoms with van der Waals surface area (Å²) in [5.74, 6) is 2.18. The summed E-state index contributed by atoms with van der Waals surface area (Å²) in [6.07, 6.45) is 9.37. The van der Waals surface area contributed by atoms with Crippen LogP contribution in [0.2, 0.25) is 0 Å². The molecule has 0 radical (unpaired) electrons. The molecule has 1 atom stereocenters. The molecule has 1 nitrogen and oxygen atoms in total. The van der Waals surface area contributed by atoms with Crippen LogP contribution in [0.5, 0.6) is 5.75 Å². The molecule has 0 bridgehead atoms. The van der Waals surface area contributed by atoms with Gasteiger partial charge in [0.1, 0.15) is 5.75 Å². The summed E-state index contributed by atoms with van der Waals surface area (Å²) < 4.78 is 5.78. The summed E-state index contributed by atoms with van der Waals surface area (Å²) in [5.41, 5.74) is 2.81. The second-order valence-corrected chi connectivity index (χ2v) is 5.99. The number of hydrogen-bond acceptors (Lipinski definition) is 1. The van der Waals surface area contributed by atoms with E-state index in [0.29, 0.717) is 11.8 Å². The Bertz CT molecular complexity index is 431. The van der Waals surface area contributed by atoms with Gasteiger partial charge in [-0.15, -0.1) is 0 Å². The smallest absolute Gasteiger partial charge is 0.122 e. The molecule has 21 heavy (non-hydrogen) atoms. The van der Waals surface area contributed by atoms with Gasteiger partial charge in [-0.3, -0.25) is 0 Å².